The van der Waals surface area contributed by atoms with Crippen molar-refractivity contribution in [3.8, 4) is 16.9 Å². The van der Waals surface area contributed by atoms with Crippen molar-refractivity contribution in [3.05, 3.63) is 87.5 Å². The lowest BCUT2D eigenvalue weighted by molar-refractivity contribution is 0.0951. The van der Waals surface area contributed by atoms with Gasteiger partial charge in [-0.25, -0.2) is 9.67 Å². The van der Waals surface area contributed by atoms with E-state index in [0.717, 1.165) is 22.0 Å². The fourth-order valence-electron chi connectivity index (χ4n) is 3.09. The molecule has 0 atom stereocenters. The van der Waals surface area contributed by atoms with Gasteiger partial charge in [-0.15, -0.1) is 11.3 Å². The first-order valence-corrected chi connectivity index (χ1v) is 10.3. The molecule has 2 heterocycles. The zero-order valence-electron chi connectivity index (χ0n) is 16.6. The molecule has 0 spiro atoms. The van der Waals surface area contributed by atoms with Gasteiger partial charge < -0.3 is 5.32 Å². The van der Waals surface area contributed by atoms with Crippen molar-refractivity contribution >= 4 is 17.2 Å². The van der Waals surface area contributed by atoms with Gasteiger partial charge in [0.15, 0.2) is 0 Å². The van der Waals surface area contributed by atoms with E-state index in [1.54, 1.807) is 22.2 Å². The number of para-hydroxylation sites is 1. The van der Waals surface area contributed by atoms with E-state index in [1.165, 1.54) is 11.1 Å². The van der Waals surface area contributed by atoms with Gasteiger partial charge in [-0.2, -0.15) is 5.10 Å². The maximum Gasteiger partial charge on any atom is 0.255 e. The summed E-state index contributed by atoms with van der Waals surface area (Å²) >= 11 is 1.55. The summed E-state index contributed by atoms with van der Waals surface area (Å²) in [5.41, 5.74) is 6.40. The van der Waals surface area contributed by atoms with Crippen LogP contribution < -0.4 is 5.32 Å². The van der Waals surface area contributed by atoms with Crippen LogP contribution in [-0.4, -0.2) is 20.7 Å². The minimum absolute atomic E-state index is 0.159. The van der Waals surface area contributed by atoms with Crippen molar-refractivity contribution in [1.82, 2.24) is 20.1 Å². The Bertz CT molecular complexity index is 1160. The lowest BCUT2D eigenvalue weighted by Gasteiger charge is -2.06. The number of nitrogens with one attached hydrogen (secondary N) is 1. The zero-order chi connectivity index (χ0) is 20.4. The second-order valence-corrected chi connectivity index (χ2v) is 7.98. The predicted molar refractivity (Wildman–Crippen MR) is 116 cm³/mol. The molecule has 4 rings (SSSR count). The Morgan fingerprint density at radius 1 is 1.07 bits per heavy atom. The van der Waals surface area contributed by atoms with Gasteiger partial charge >= 0.3 is 0 Å². The average Bonchev–Trinajstić information content (AvgIpc) is 3.35. The van der Waals surface area contributed by atoms with Gasteiger partial charge in [0.1, 0.15) is 10.7 Å². The Morgan fingerprint density at radius 3 is 2.55 bits per heavy atom. The normalized spacial score (nSPS) is 10.9. The average molecular weight is 403 g/mol. The Balaban J connectivity index is 1.71. The van der Waals surface area contributed by atoms with Crippen LogP contribution in [0.15, 0.2) is 60.1 Å². The molecule has 0 aliphatic heterocycles. The van der Waals surface area contributed by atoms with Crippen molar-refractivity contribution in [2.75, 3.05) is 0 Å². The highest BCUT2D eigenvalue weighted by atomic mass is 32.1. The number of amides is 1. The van der Waals surface area contributed by atoms with Crippen LogP contribution >= 0.6 is 11.3 Å². The quantitative estimate of drug-likeness (QED) is 0.519. The third-order valence-electron chi connectivity index (χ3n) is 4.83. The van der Waals surface area contributed by atoms with E-state index in [-0.39, 0.29) is 5.91 Å². The molecule has 0 radical (unpaired) electrons. The molecule has 0 saturated carbocycles. The van der Waals surface area contributed by atoms with Crippen molar-refractivity contribution < 1.29 is 4.79 Å². The smallest absolute Gasteiger partial charge is 0.255 e. The van der Waals surface area contributed by atoms with Crippen LogP contribution in [0.4, 0.5) is 0 Å². The molecule has 146 valence electrons. The van der Waals surface area contributed by atoms with E-state index in [4.69, 9.17) is 5.10 Å². The second-order valence-electron chi connectivity index (χ2n) is 7.04. The molecule has 1 N–H and O–H groups in total. The molecular formula is C23H22N4OS. The number of benzene rings is 2. The number of thiazole rings is 1. The van der Waals surface area contributed by atoms with Crippen LogP contribution in [0.1, 0.15) is 32.2 Å². The number of hydrogen-bond acceptors (Lipinski definition) is 4. The standard InChI is InChI=1S/C23H22N4OS/c1-15-9-10-18(11-16(15)2)22-20(13-27(26-22)19-7-5-4-6-8-19)23(28)24-12-21-25-17(3)14-29-21/h4-11,13-14H,12H2,1-3H3,(H,24,28). The molecule has 29 heavy (non-hydrogen) atoms. The van der Waals surface area contributed by atoms with Crippen LogP contribution in [-0.2, 0) is 6.54 Å². The fraction of sp³-hybridized carbons (Fsp3) is 0.174. The van der Waals surface area contributed by atoms with Crippen LogP contribution in [0.2, 0.25) is 0 Å². The number of nitrogens with zero attached hydrogens (tertiary/aromatic N) is 3. The fourth-order valence-corrected chi connectivity index (χ4v) is 3.80. The van der Waals surface area contributed by atoms with Gasteiger partial charge in [-0.3, -0.25) is 4.79 Å². The minimum atomic E-state index is -0.159. The summed E-state index contributed by atoms with van der Waals surface area (Å²) < 4.78 is 1.76. The molecular weight excluding hydrogens is 380 g/mol. The summed E-state index contributed by atoms with van der Waals surface area (Å²) in [6.45, 7) is 6.49. The van der Waals surface area contributed by atoms with Gasteiger partial charge in [0.25, 0.3) is 5.91 Å². The zero-order valence-corrected chi connectivity index (χ0v) is 17.5. The third kappa shape index (κ3) is 4.12. The van der Waals surface area contributed by atoms with Crippen LogP contribution in [0.25, 0.3) is 16.9 Å². The summed E-state index contributed by atoms with van der Waals surface area (Å²) in [5, 5.41) is 10.6. The lowest BCUT2D eigenvalue weighted by atomic mass is 10.0. The molecule has 0 fully saturated rings. The van der Waals surface area contributed by atoms with E-state index in [9.17, 15) is 4.79 Å². The Hall–Kier alpha value is -3.25. The minimum Gasteiger partial charge on any atom is -0.345 e. The van der Waals surface area contributed by atoms with E-state index >= 15 is 0 Å². The van der Waals surface area contributed by atoms with E-state index in [1.807, 2.05) is 48.7 Å². The number of carbonyl (C=O) groups is 1. The van der Waals surface area contributed by atoms with Crippen LogP contribution in [0.3, 0.4) is 0 Å². The number of carbonyl (C=O) groups excluding carboxylic acids is 1. The summed E-state index contributed by atoms with van der Waals surface area (Å²) in [7, 11) is 0. The first-order valence-electron chi connectivity index (χ1n) is 9.43. The van der Waals surface area contributed by atoms with E-state index < -0.39 is 0 Å². The van der Waals surface area contributed by atoms with Crippen LogP contribution in [0, 0.1) is 20.8 Å². The molecule has 5 nitrogen and oxygen atoms in total. The van der Waals surface area contributed by atoms with Crippen LogP contribution in [0.5, 0.6) is 0 Å². The van der Waals surface area contributed by atoms with Gasteiger partial charge in [0.05, 0.1) is 17.8 Å². The van der Waals surface area contributed by atoms with E-state index in [0.29, 0.717) is 17.8 Å². The molecule has 0 saturated heterocycles. The number of hydrogen-bond donors (Lipinski definition) is 1. The monoisotopic (exact) mass is 402 g/mol. The highest BCUT2D eigenvalue weighted by Gasteiger charge is 2.19. The molecule has 0 bridgehead atoms. The van der Waals surface area contributed by atoms with Crippen molar-refractivity contribution in [2.45, 2.75) is 27.3 Å². The molecule has 6 heteroatoms. The molecule has 0 unspecified atom stereocenters. The maximum absolute atomic E-state index is 13.0. The number of rotatable bonds is 5. The maximum atomic E-state index is 13.0. The predicted octanol–water partition coefficient (Wildman–Crippen LogP) is 4.85. The lowest BCUT2D eigenvalue weighted by Crippen LogP contribution is -2.23. The molecule has 0 aliphatic rings. The second kappa shape index (κ2) is 8.01. The Morgan fingerprint density at radius 2 is 1.86 bits per heavy atom. The summed E-state index contributed by atoms with van der Waals surface area (Å²) in [6.07, 6.45) is 1.79. The largest absolute Gasteiger partial charge is 0.345 e. The molecule has 1 amide bonds. The van der Waals surface area contributed by atoms with Crippen molar-refractivity contribution in [3.63, 3.8) is 0 Å². The Labute approximate surface area is 174 Å². The summed E-state index contributed by atoms with van der Waals surface area (Å²) in [4.78, 5) is 17.4. The highest BCUT2D eigenvalue weighted by molar-refractivity contribution is 7.09. The van der Waals surface area contributed by atoms with Gasteiger partial charge in [0, 0.05) is 22.8 Å². The van der Waals surface area contributed by atoms with Crippen molar-refractivity contribution in [2.24, 2.45) is 0 Å². The molecule has 2 aromatic heterocycles. The first-order chi connectivity index (χ1) is 14.0. The first kappa shape index (κ1) is 19.1. The highest BCUT2D eigenvalue weighted by Crippen LogP contribution is 2.26. The van der Waals surface area contributed by atoms with Gasteiger partial charge in [-0.1, -0.05) is 30.3 Å². The number of aromatic nitrogens is 3. The van der Waals surface area contributed by atoms with Gasteiger partial charge in [0.2, 0.25) is 0 Å². The van der Waals surface area contributed by atoms with Crippen molar-refractivity contribution in [1.29, 1.82) is 0 Å². The number of aryl methyl sites for hydroxylation is 3. The van der Waals surface area contributed by atoms with E-state index in [2.05, 4.69) is 36.3 Å². The summed E-state index contributed by atoms with van der Waals surface area (Å²) in [5.74, 6) is -0.159. The Kier molecular flexibility index (Phi) is 5.27. The van der Waals surface area contributed by atoms with Gasteiger partial charge in [-0.05, 0) is 50.1 Å². The summed E-state index contributed by atoms with van der Waals surface area (Å²) in [6, 6.07) is 16.0. The SMILES string of the molecule is Cc1csc(CNC(=O)c2cn(-c3ccccc3)nc2-c2ccc(C)c(C)c2)n1. The molecule has 4 aromatic rings. The molecule has 0 aliphatic carbocycles. The topological polar surface area (TPSA) is 59.8 Å². The molecule has 2 aromatic carbocycles. The third-order valence-corrected chi connectivity index (χ3v) is 5.79.